The zero-order valence-corrected chi connectivity index (χ0v) is 16.2. The number of unbranched alkanes of at least 4 members (excludes halogenated alkanes) is 4. The molecule has 0 aliphatic heterocycles. The van der Waals surface area contributed by atoms with Crippen LogP contribution in [0.3, 0.4) is 0 Å². The first-order valence-electron chi connectivity index (χ1n) is 9.64. The Morgan fingerprint density at radius 1 is 0.846 bits per heavy atom. The van der Waals surface area contributed by atoms with E-state index >= 15 is 0 Å². The number of benzene rings is 2. The van der Waals surface area contributed by atoms with Crippen LogP contribution >= 0.6 is 0 Å². The van der Waals surface area contributed by atoms with Crippen LogP contribution in [0.4, 0.5) is 0 Å². The lowest BCUT2D eigenvalue weighted by Crippen LogP contribution is -2.11. The molecule has 0 saturated heterocycles. The molecule has 26 heavy (non-hydrogen) atoms. The smallest absolute Gasteiger partial charge is 0.338 e. The molecule has 0 fully saturated rings. The number of hydrogen-bond donors (Lipinski definition) is 0. The number of carbonyl (C=O) groups is 1. The van der Waals surface area contributed by atoms with Crippen molar-refractivity contribution in [1.29, 1.82) is 0 Å². The van der Waals surface area contributed by atoms with Gasteiger partial charge in [0, 0.05) is 0 Å². The molecule has 2 rings (SSSR count). The van der Waals surface area contributed by atoms with Gasteiger partial charge in [0.05, 0.1) is 18.3 Å². The van der Waals surface area contributed by atoms with Gasteiger partial charge >= 0.3 is 5.97 Å². The van der Waals surface area contributed by atoms with Crippen LogP contribution in [0.1, 0.15) is 63.2 Å². The quantitative estimate of drug-likeness (QED) is 0.373. The van der Waals surface area contributed by atoms with Crippen molar-refractivity contribution in [1.82, 2.24) is 0 Å². The first kappa shape index (κ1) is 20.0. The Hall–Kier alpha value is -2.29. The molecule has 2 aromatic carbocycles. The molecule has 3 heteroatoms. The molecular formula is C23H30O3. The lowest BCUT2D eigenvalue weighted by atomic mass is 10.0. The zero-order valence-electron chi connectivity index (χ0n) is 16.2. The third kappa shape index (κ3) is 6.55. The van der Waals surface area contributed by atoms with Crippen LogP contribution in [0, 0.1) is 0 Å². The molecule has 0 aliphatic rings. The van der Waals surface area contributed by atoms with Gasteiger partial charge in [-0.25, -0.2) is 4.79 Å². The topological polar surface area (TPSA) is 35.5 Å². The largest absolute Gasteiger partial charge is 0.494 e. The Bertz CT molecular complexity index is 657. The van der Waals surface area contributed by atoms with E-state index in [-0.39, 0.29) is 12.1 Å². The van der Waals surface area contributed by atoms with Crippen molar-refractivity contribution in [3.63, 3.8) is 0 Å². The van der Waals surface area contributed by atoms with Crippen molar-refractivity contribution >= 4 is 5.97 Å². The lowest BCUT2D eigenvalue weighted by Gasteiger charge is -2.09. The predicted molar refractivity (Wildman–Crippen MR) is 107 cm³/mol. The fourth-order valence-corrected chi connectivity index (χ4v) is 2.72. The van der Waals surface area contributed by atoms with Crippen LogP contribution in [-0.2, 0) is 4.74 Å². The summed E-state index contributed by atoms with van der Waals surface area (Å²) in [4.78, 5) is 11.9. The molecule has 0 amide bonds. The summed E-state index contributed by atoms with van der Waals surface area (Å²) in [6, 6.07) is 15.6. The zero-order chi connectivity index (χ0) is 18.8. The molecule has 140 valence electrons. The van der Waals surface area contributed by atoms with E-state index in [0.717, 1.165) is 29.9 Å². The minimum atomic E-state index is -0.283. The van der Waals surface area contributed by atoms with Gasteiger partial charge in [0.25, 0.3) is 0 Å². The summed E-state index contributed by atoms with van der Waals surface area (Å²) in [6.45, 7) is 6.70. The highest BCUT2D eigenvalue weighted by molar-refractivity contribution is 5.90. The van der Waals surface area contributed by atoms with Crippen molar-refractivity contribution in [2.75, 3.05) is 6.61 Å². The average Bonchev–Trinajstić information content (AvgIpc) is 2.65. The van der Waals surface area contributed by atoms with Crippen LogP contribution in [0.5, 0.6) is 5.75 Å². The van der Waals surface area contributed by atoms with Gasteiger partial charge in [0.1, 0.15) is 5.75 Å². The fraction of sp³-hybridized carbons (Fsp3) is 0.435. The summed E-state index contributed by atoms with van der Waals surface area (Å²) in [5, 5.41) is 0. The highest BCUT2D eigenvalue weighted by Crippen LogP contribution is 2.23. The monoisotopic (exact) mass is 354 g/mol. The summed E-state index contributed by atoms with van der Waals surface area (Å²) in [6.07, 6.45) is 6.10. The van der Waals surface area contributed by atoms with Crippen LogP contribution < -0.4 is 4.74 Å². The van der Waals surface area contributed by atoms with Crippen LogP contribution in [0.25, 0.3) is 11.1 Å². The normalized spacial score (nSPS) is 10.8. The number of rotatable bonds is 10. The molecule has 0 unspecified atom stereocenters. The summed E-state index contributed by atoms with van der Waals surface area (Å²) in [7, 11) is 0. The van der Waals surface area contributed by atoms with E-state index in [2.05, 4.69) is 6.92 Å². The third-order valence-electron chi connectivity index (χ3n) is 4.17. The molecule has 0 saturated carbocycles. The maximum atomic E-state index is 11.9. The van der Waals surface area contributed by atoms with Gasteiger partial charge in [-0.1, -0.05) is 56.9 Å². The van der Waals surface area contributed by atoms with E-state index in [1.54, 1.807) is 12.1 Å². The maximum Gasteiger partial charge on any atom is 0.338 e. The summed E-state index contributed by atoms with van der Waals surface area (Å²) >= 11 is 0. The van der Waals surface area contributed by atoms with Gasteiger partial charge in [-0.15, -0.1) is 0 Å². The molecule has 0 bridgehead atoms. The van der Waals surface area contributed by atoms with E-state index in [1.807, 2.05) is 50.2 Å². The van der Waals surface area contributed by atoms with Crippen molar-refractivity contribution in [2.45, 2.75) is 59.0 Å². The van der Waals surface area contributed by atoms with Gasteiger partial charge in [0.15, 0.2) is 0 Å². The molecule has 3 nitrogen and oxygen atoms in total. The van der Waals surface area contributed by atoms with Crippen LogP contribution in [0.2, 0.25) is 0 Å². The first-order chi connectivity index (χ1) is 12.6. The van der Waals surface area contributed by atoms with Crippen LogP contribution in [-0.4, -0.2) is 18.7 Å². The molecule has 0 aromatic heterocycles. The van der Waals surface area contributed by atoms with Gasteiger partial charge in [-0.05, 0) is 55.7 Å². The maximum absolute atomic E-state index is 11.9. The van der Waals surface area contributed by atoms with Gasteiger partial charge in [-0.3, -0.25) is 0 Å². The molecule has 0 heterocycles. The Labute approximate surface area is 157 Å². The number of ether oxygens (including phenoxy) is 2. The molecule has 0 atom stereocenters. The highest BCUT2D eigenvalue weighted by atomic mass is 16.5. The molecule has 0 spiro atoms. The molecular weight excluding hydrogens is 324 g/mol. The minimum absolute atomic E-state index is 0.110. The van der Waals surface area contributed by atoms with E-state index in [1.165, 1.54) is 25.7 Å². The Kier molecular flexibility index (Phi) is 8.20. The first-order valence-corrected chi connectivity index (χ1v) is 9.64. The number of carbonyl (C=O) groups excluding carboxylic acids is 1. The minimum Gasteiger partial charge on any atom is -0.494 e. The molecule has 0 N–H and O–H groups in total. The predicted octanol–water partition coefficient (Wildman–Crippen LogP) is 6.27. The molecule has 0 aliphatic carbocycles. The van der Waals surface area contributed by atoms with E-state index < -0.39 is 0 Å². The molecule has 0 radical (unpaired) electrons. The molecule has 2 aromatic rings. The van der Waals surface area contributed by atoms with Crippen molar-refractivity contribution < 1.29 is 14.3 Å². The SMILES string of the molecule is CCCCCCCOc1ccc(-c2ccc(C(=O)OC(C)C)cc2)cc1. The van der Waals surface area contributed by atoms with E-state index in [4.69, 9.17) is 9.47 Å². The second-order valence-corrected chi connectivity index (χ2v) is 6.82. The summed E-state index contributed by atoms with van der Waals surface area (Å²) in [5.41, 5.74) is 2.74. The third-order valence-corrected chi connectivity index (χ3v) is 4.17. The van der Waals surface area contributed by atoms with Gasteiger partial charge < -0.3 is 9.47 Å². The van der Waals surface area contributed by atoms with Crippen molar-refractivity contribution in [3.05, 3.63) is 54.1 Å². The average molecular weight is 354 g/mol. The number of hydrogen-bond acceptors (Lipinski definition) is 3. The highest BCUT2D eigenvalue weighted by Gasteiger charge is 2.09. The van der Waals surface area contributed by atoms with Crippen molar-refractivity contribution in [3.8, 4) is 16.9 Å². The van der Waals surface area contributed by atoms with Crippen molar-refractivity contribution in [2.24, 2.45) is 0 Å². The summed E-state index contributed by atoms with van der Waals surface area (Å²) in [5.74, 6) is 0.621. The Balaban J connectivity index is 1.86. The Morgan fingerprint density at radius 2 is 1.42 bits per heavy atom. The standard InChI is InChI=1S/C23H30O3/c1-4-5-6-7-8-17-25-22-15-13-20(14-16-22)19-9-11-21(12-10-19)23(24)26-18(2)3/h9-16,18H,4-8,17H2,1-3H3. The fourth-order valence-electron chi connectivity index (χ4n) is 2.72. The van der Waals surface area contributed by atoms with Crippen LogP contribution in [0.15, 0.2) is 48.5 Å². The number of esters is 1. The van der Waals surface area contributed by atoms with Gasteiger partial charge in [-0.2, -0.15) is 0 Å². The second-order valence-electron chi connectivity index (χ2n) is 6.82. The summed E-state index contributed by atoms with van der Waals surface area (Å²) < 4.78 is 11.0. The van der Waals surface area contributed by atoms with E-state index in [9.17, 15) is 4.79 Å². The second kappa shape index (κ2) is 10.6. The van der Waals surface area contributed by atoms with Gasteiger partial charge in [0.2, 0.25) is 0 Å². The van der Waals surface area contributed by atoms with E-state index in [0.29, 0.717) is 5.56 Å². The lowest BCUT2D eigenvalue weighted by molar-refractivity contribution is 0.0378. The Morgan fingerprint density at radius 3 is 2.00 bits per heavy atom.